The van der Waals surface area contributed by atoms with Crippen LogP contribution in [0, 0.1) is 35.5 Å². The predicted octanol–water partition coefficient (Wildman–Crippen LogP) is 18.3. The van der Waals surface area contributed by atoms with E-state index in [0.29, 0.717) is 5.41 Å². The van der Waals surface area contributed by atoms with Gasteiger partial charge in [0.2, 0.25) is 0 Å². The van der Waals surface area contributed by atoms with E-state index < -0.39 is 0 Å². The average molecular weight is 897 g/mol. The standard InChI is InChI=1S/C67H64N2/c1-43-25-45-26-44(2)38-66(37-43,39-45)56-19-23-64-61(35-56)62-36-57(67-40-46-27-47(41-67)29-48(28-46)42-67)20-24-65(62)69(64)59-31-54(50-13-7-4-8-14-50)30-55(32-59)60-33-52-15-9-10-16-53(52)34-63(60)68-58-21-17-51(18-22-58)49-11-5-3-6-12-49/h3-24,30-36,43-48,68H,25-29,37-42H2,1-2H3. The Morgan fingerprint density at radius 1 is 0.406 bits per heavy atom. The lowest BCUT2D eigenvalue weighted by atomic mass is 9.48. The minimum atomic E-state index is 0.266. The highest BCUT2D eigenvalue weighted by Gasteiger charge is 2.52. The van der Waals surface area contributed by atoms with Gasteiger partial charge in [-0.05, 0) is 233 Å². The Kier molecular flexibility index (Phi) is 9.70. The second kappa shape index (κ2) is 16.1. The van der Waals surface area contributed by atoms with Crippen molar-refractivity contribution in [3.8, 4) is 39.1 Å². The Bertz CT molecular complexity index is 3360. The van der Waals surface area contributed by atoms with E-state index in [1.165, 1.54) is 142 Å². The number of aromatic nitrogens is 1. The summed E-state index contributed by atoms with van der Waals surface area (Å²) in [5.41, 5.74) is 17.1. The van der Waals surface area contributed by atoms with E-state index in [0.717, 1.165) is 46.9 Å². The number of anilines is 2. The SMILES string of the molecule is CC1CC2CC(C)CC(c3ccc4c(c3)c3cc(C56CC7CC(CC(C7)C5)C6)ccc3n4-c3cc(-c4ccccc4)cc(-c4cc5ccccc5cc4Nc4ccc(-c5ccccc5)cc4)c3)(C1)C2. The van der Waals surface area contributed by atoms with Gasteiger partial charge in [0.25, 0.3) is 0 Å². The third-order valence-electron chi connectivity index (χ3n) is 18.4. The number of nitrogens with zero attached hydrogens (tertiary/aromatic N) is 1. The highest BCUT2D eigenvalue weighted by molar-refractivity contribution is 6.10. The van der Waals surface area contributed by atoms with Gasteiger partial charge in [-0.15, -0.1) is 0 Å². The largest absolute Gasteiger partial charge is 0.355 e. The summed E-state index contributed by atoms with van der Waals surface area (Å²) in [5.74, 6) is 5.14. The molecule has 69 heavy (non-hydrogen) atoms. The van der Waals surface area contributed by atoms with Crippen LogP contribution in [0.5, 0.6) is 0 Å². The lowest BCUT2D eigenvalue weighted by Gasteiger charge is -2.57. The molecule has 0 radical (unpaired) electrons. The van der Waals surface area contributed by atoms with Crippen molar-refractivity contribution < 1.29 is 0 Å². The van der Waals surface area contributed by atoms with Crippen LogP contribution in [0.3, 0.4) is 0 Å². The van der Waals surface area contributed by atoms with Crippen molar-refractivity contribution in [1.29, 1.82) is 0 Å². The van der Waals surface area contributed by atoms with E-state index in [4.69, 9.17) is 0 Å². The molecule has 2 heteroatoms. The van der Waals surface area contributed by atoms with Crippen LogP contribution in [-0.2, 0) is 10.8 Å². The topological polar surface area (TPSA) is 17.0 Å². The van der Waals surface area contributed by atoms with Gasteiger partial charge < -0.3 is 9.88 Å². The van der Waals surface area contributed by atoms with E-state index in [9.17, 15) is 0 Å². The van der Waals surface area contributed by atoms with Crippen molar-refractivity contribution in [3.05, 3.63) is 187 Å². The summed E-state index contributed by atoms with van der Waals surface area (Å²) in [6.45, 7) is 5.07. The number of rotatable bonds is 8. The van der Waals surface area contributed by atoms with Crippen LogP contribution in [-0.4, -0.2) is 4.57 Å². The van der Waals surface area contributed by atoms with Gasteiger partial charge in [-0.1, -0.05) is 123 Å². The van der Waals surface area contributed by atoms with Crippen LogP contribution >= 0.6 is 0 Å². The van der Waals surface area contributed by atoms with Crippen LogP contribution in [0.2, 0.25) is 0 Å². The van der Waals surface area contributed by atoms with Crippen molar-refractivity contribution in [2.75, 3.05) is 5.32 Å². The van der Waals surface area contributed by atoms with E-state index >= 15 is 0 Å². The molecule has 2 atom stereocenters. The molecule has 0 saturated heterocycles. The van der Waals surface area contributed by atoms with Gasteiger partial charge in [-0.25, -0.2) is 0 Å². The molecule has 342 valence electrons. The lowest BCUT2D eigenvalue weighted by molar-refractivity contribution is -0.00512. The quantitative estimate of drug-likeness (QED) is 0.161. The van der Waals surface area contributed by atoms with Crippen molar-refractivity contribution >= 4 is 44.0 Å². The van der Waals surface area contributed by atoms with E-state index in [-0.39, 0.29) is 5.41 Å². The molecule has 15 rings (SSSR count). The molecule has 6 aliphatic carbocycles. The van der Waals surface area contributed by atoms with Crippen LogP contribution in [0.1, 0.15) is 95.6 Å². The second-order valence-electron chi connectivity index (χ2n) is 23.4. The molecule has 2 unspecified atom stereocenters. The van der Waals surface area contributed by atoms with Gasteiger partial charge in [0.1, 0.15) is 0 Å². The second-order valence-corrected chi connectivity index (χ2v) is 23.4. The fourth-order valence-electron chi connectivity index (χ4n) is 16.3. The molecule has 2 nitrogen and oxygen atoms in total. The fourth-order valence-corrected chi connectivity index (χ4v) is 16.3. The first kappa shape index (κ1) is 41.6. The first-order valence-electron chi connectivity index (χ1n) is 26.6. The summed E-state index contributed by atoms with van der Waals surface area (Å²) in [6.07, 6.45) is 15.4. The number of fused-ring (bicyclic) bond motifs is 6. The molecule has 0 spiro atoms. The van der Waals surface area contributed by atoms with Gasteiger partial charge >= 0.3 is 0 Å². The molecule has 6 aliphatic rings. The minimum absolute atomic E-state index is 0.266. The zero-order valence-corrected chi connectivity index (χ0v) is 40.4. The summed E-state index contributed by atoms with van der Waals surface area (Å²) in [6, 6.07) is 67.2. The summed E-state index contributed by atoms with van der Waals surface area (Å²) < 4.78 is 2.64. The zero-order chi connectivity index (χ0) is 45.8. The molecule has 6 bridgehead atoms. The molecular formula is C67H64N2. The molecule has 8 aromatic carbocycles. The van der Waals surface area contributed by atoms with Crippen molar-refractivity contribution in [3.63, 3.8) is 0 Å². The summed E-state index contributed by atoms with van der Waals surface area (Å²) in [7, 11) is 0. The Morgan fingerprint density at radius 2 is 0.884 bits per heavy atom. The first-order valence-corrected chi connectivity index (χ1v) is 26.6. The van der Waals surface area contributed by atoms with Crippen LogP contribution < -0.4 is 5.32 Å². The maximum absolute atomic E-state index is 3.93. The van der Waals surface area contributed by atoms with E-state index in [2.05, 4.69) is 200 Å². The van der Waals surface area contributed by atoms with Gasteiger partial charge in [-0.3, -0.25) is 0 Å². The van der Waals surface area contributed by atoms with Crippen molar-refractivity contribution in [2.24, 2.45) is 35.5 Å². The summed E-state index contributed by atoms with van der Waals surface area (Å²) >= 11 is 0. The maximum Gasteiger partial charge on any atom is 0.0541 e. The number of hydrogen-bond donors (Lipinski definition) is 1. The van der Waals surface area contributed by atoms with Crippen LogP contribution in [0.4, 0.5) is 11.4 Å². The summed E-state index contributed by atoms with van der Waals surface area (Å²) in [4.78, 5) is 0. The monoisotopic (exact) mass is 897 g/mol. The van der Waals surface area contributed by atoms with Crippen molar-refractivity contribution in [1.82, 2.24) is 4.57 Å². The average Bonchev–Trinajstić information content (AvgIpc) is 3.69. The molecule has 6 fully saturated rings. The van der Waals surface area contributed by atoms with Crippen LogP contribution in [0.15, 0.2) is 176 Å². The third-order valence-corrected chi connectivity index (χ3v) is 18.4. The fraction of sp³-hybridized carbons (Fsp3) is 0.313. The Morgan fingerprint density at radius 3 is 1.46 bits per heavy atom. The molecular weight excluding hydrogens is 833 g/mol. The highest BCUT2D eigenvalue weighted by atomic mass is 15.0. The number of hydrogen-bond acceptors (Lipinski definition) is 1. The molecule has 1 aromatic heterocycles. The molecule has 1 heterocycles. The van der Waals surface area contributed by atoms with E-state index in [1.807, 2.05) is 0 Å². The Labute approximate surface area is 408 Å². The first-order chi connectivity index (χ1) is 33.8. The Balaban J connectivity index is 0.966. The predicted molar refractivity (Wildman–Crippen MR) is 291 cm³/mol. The highest BCUT2D eigenvalue weighted by Crippen LogP contribution is 2.61. The lowest BCUT2D eigenvalue weighted by Crippen LogP contribution is -2.48. The third kappa shape index (κ3) is 7.18. The zero-order valence-electron chi connectivity index (χ0n) is 40.4. The molecule has 9 aromatic rings. The molecule has 6 saturated carbocycles. The number of nitrogens with one attached hydrogen (secondary N) is 1. The molecule has 0 amide bonds. The smallest absolute Gasteiger partial charge is 0.0541 e. The molecule has 0 aliphatic heterocycles. The number of benzene rings is 8. The van der Waals surface area contributed by atoms with Gasteiger partial charge in [0.15, 0.2) is 0 Å². The van der Waals surface area contributed by atoms with Crippen molar-refractivity contribution in [2.45, 2.75) is 95.3 Å². The normalized spacial score (nSPS) is 27.0. The minimum Gasteiger partial charge on any atom is -0.355 e. The Hall–Kier alpha value is -6.38. The maximum atomic E-state index is 3.93. The molecule has 1 N–H and O–H groups in total. The summed E-state index contributed by atoms with van der Waals surface area (Å²) in [5, 5.41) is 9.27. The van der Waals surface area contributed by atoms with Gasteiger partial charge in [0, 0.05) is 33.4 Å². The van der Waals surface area contributed by atoms with Crippen LogP contribution in [0.25, 0.3) is 71.6 Å². The van der Waals surface area contributed by atoms with Gasteiger partial charge in [0.05, 0.1) is 11.0 Å². The van der Waals surface area contributed by atoms with Gasteiger partial charge in [-0.2, -0.15) is 0 Å². The van der Waals surface area contributed by atoms with E-state index in [1.54, 1.807) is 11.1 Å².